The molecule has 12 heteroatoms. The van der Waals surface area contributed by atoms with Crippen LogP contribution in [0.1, 0.15) is 0 Å². The fourth-order valence-electron chi connectivity index (χ4n) is 3.71. The highest BCUT2D eigenvalue weighted by molar-refractivity contribution is 5.78. The third-order valence-electron chi connectivity index (χ3n) is 5.64. The Bertz CT molecular complexity index is 1360. The number of anilines is 5. The zero-order valence-corrected chi connectivity index (χ0v) is 21.1. The Morgan fingerprint density at radius 3 is 2.38 bits per heavy atom. The average molecular weight is 504 g/mol. The Morgan fingerprint density at radius 1 is 1.00 bits per heavy atom. The molecule has 4 aromatic rings. The Morgan fingerprint density at radius 2 is 1.73 bits per heavy atom. The number of nitro benzene ring substituents is 1. The van der Waals surface area contributed by atoms with E-state index in [1.807, 2.05) is 67.5 Å². The molecule has 0 spiro atoms. The summed E-state index contributed by atoms with van der Waals surface area (Å²) in [5.41, 5.74) is 2.50. The van der Waals surface area contributed by atoms with E-state index >= 15 is 0 Å². The second-order valence-electron chi connectivity index (χ2n) is 8.53. The van der Waals surface area contributed by atoms with Crippen molar-refractivity contribution in [2.24, 2.45) is 0 Å². The van der Waals surface area contributed by atoms with Crippen molar-refractivity contribution in [2.75, 3.05) is 56.9 Å². The van der Waals surface area contributed by atoms with E-state index in [1.54, 1.807) is 23.0 Å². The van der Waals surface area contributed by atoms with E-state index in [0.717, 1.165) is 17.9 Å². The third-order valence-corrected chi connectivity index (χ3v) is 5.64. The van der Waals surface area contributed by atoms with Crippen LogP contribution in [0.2, 0.25) is 0 Å². The number of para-hydroxylation sites is 2. The molecule has 0 aliphatic rings. The smallest absolute Gasteiger partial charge is 0.294 e. The lowest BCUT2D eigenvalue weighted by Gasteiger charge is -2.23. The molecule has 0 saturated carbocycles. The van der Waals surface area contributed by atoms with Crippen LogP contribution in [0.4, 0.5) is 34.4 Å². The summed E-state index contributed by atoms with van der Waals surface area (Å²) in [6.07, 6.45) is 4.97. The van der Waals surface area contributed by atoms with Gasteiger partial charge < -0.3 is 25.2 Å². The van der Waals surface area contributed by atoms with Crippen molar-refractivity contribution in [1.29, 1.82) is 0 Å². The summed E-state index contributed by atoms with van der Waals surface area (Å²) in [7, 11) is 7.25. The van der Waals surface area contributed by atoms with Crippen molar-refractivity contribution < 1.29 is 9.66 Å². The van der Waals surface area contributed by atoms with Crippen molar-refractivity contribution in [3.05, 3.63) is 77.4 Å². The van der Waals surface area contributed by atoms with E-state index < -0.39 is 4.92 Å². The summed E-state index contributed by atoms with van der Waals surface area (Å²) in [6.45, 7) is 1.36. The average Bonchev–Trinajstić information content (AvgIpc) is 3.42. The number of nitro groups is 1. The van der Waals surface area contributed by atoms with E-state index in [1.165, 1.54) is 19.5 Å². The highest BCUT2D eigenvalue weighted by Crippen LogP contribution is 2.39. The maximum atomic E-state index is 11.9. The first-order valence-electron chi connectivity index (χ1n) is 11.5. The first-order valence-corrected chi connectivity index (χ1v) is 11.5. The molecular weight excluding hydrogens is 474 g/mol. The molecule has 0 saturated heterocycles. The monoisotopic (exact) mass is 503 g/mol. The van der Waals surface area contributed by atoms with Gasteiger partial charge in [0.05, 0.1) is 29.1 Å². The van der Waals surface area contributed by atoms with Gasteiger partial charge in [-0.2, -0.15) is 5.10 Å². The fraction of sp³-hybridized carbons (Fsp3) is 0.240. The molecule has 0 aliphatic heterocycles. The number of nitrogens with zero attached hydrogens (tertiary/aromatic N) is 7. The highest BCUT2D eigenvalue weighted by atomic mass is 16.6. The van der Waals surface area contributed by atoms with Crippen molar-refractivity contribution in [2.45, 2.75) is 0 Å². The van der Waals surface area contributed by atoms with E-state index in [4.69, 9.17) is 4.74 Å². The fourth-order valence-corrected chi connectivity index (χ4v) is 3.71. The van der Waals surface area contributed by atoms with Gasteiger partial charge in [-0.25, -0.2) is 14.6 Å². The molecule has 0 bridgehead atoms. The molecule has 12 nitrogen and oxygen atoms in total. The van der Waals surface area contributed by atoms with Crippen LogP contribution in [0.15, 0.2) is 67.3 Å². The first kappa shape index (κ1) is 25.4. The van der Waals surface area contributed by atoms with Crippen molar-refractivity contribution in [3.63, 3.8) is 0 Å². The van der Waals surface area contributed by atoms with Crippen molar-refractivity contribution >= 4 is 34.4 Å². The minimum Gasteiger partial charge on any atom is -0.494 e. The van der Waals surface area contributed by atoms with Gasteiger partial charge in [0, 0.05) is 50.7 Å². The van der Waals surface area contributed by atoms with E-state index in [0.29, 0.717) is 35.3 Å². The summed E-state index contributed by atoms with van der Waals surface area (Å²) in [4.78, 5) is 24.0. The normalized spacial score (nSPS) is 10.8. The molecule has 0 aliphatic carbocycles. The zero-order chi connectivity index (χ0) is 26.4. The van der Waals surface area contributed by atoms with E-state index in [-0.39, 0.29) is 5.69 Å². The van der Waals surface area contributed by atoms with Crippen LogP contribution < -0.4 is 20.3 Å². The Labute approximate surface area is 214 Å². The molecule has 0 radical (unpaired) electrons. The number of hydrogen-bond acceptors (Lipinski definition) is 10. The number of nitrogens with one attached hydrogen (secondary N) is 2. The number of rotatable bonds is 11. The topological polar surface area (TPSA) is 127 Å². The Balaban J connectivity index is 1.61. The summed E-state index contributed by atoms with van der Waals surface area (Å²) in [5, 5.41) is 22.6. The molecular formula is C25H29N9O3. The number of likely N-dealkylation sites (N-methyl/N-ethyl adjacent to an activating group) is 2. The van der Waals surface area contributed by atoms with Crippen LogP contribution in [0.3, 0.4) is 0 Å². The maximum absolute atomic E-state index is 11.9. The lowest BCUT2D eigenvalue weighted by molar-refractivity contribution is -0.384. The molecule has 4 rings (SSSR count). The molecule has 0 amide bonds. The largest absolute Gasteiger partial charge is 0.494 e. The van der Waals surface area contributed by atoms with Gasteiger partial charge in [-0.15, -0.1) is 0 Å². The van der Waals surface area contributed by atoms with Crippen molar-refractivity contribution in [3.8, 4) is 11.4 Å². The quantitative estimate of drug-likeness (QED) is 0.228. The van der Waals surface area contributed by atoms with Crippen LogP contribution in [-0.4, -0.2) is 70.9 Å². The van der Waals surface area contributed by atoms with Crippen molar-refractivity contribution in [1.82, 2.24) is 24.6 Å². The second kappa shape index (κ2) is 11.4. The summed E-state index contributed by atoms with van der Waals surface area (Å²) in [5.74, 6) is 1.43. The zero-order valence-electron chi connectivity index (χ0n) is 21.1. The van der Waals surface area contributed by atoms with Crippen LogP contribution in [0.5, 0.6) is 5.75 Å². The van der Waals surface area contributed by atoms with Gasteiger partial charge >= 0.3 is 0 Å². The maximum Gasteiger partial charge on any atom is 0.294 e. The van der Waals surface area contributed by atoms with Gasteiger partial charge in [-0.1, -0.05) is 12.1 Å². The lowest BCUT2D eigenvalue weighted by Crippen LogP contribution is -2.28. The molecule has 0 unspecified atom stereocenters. The predicted octanol–water partition coefficient (Wildman–Crippen LogP) is 4.06. The van der Waals surface area contributed by atoms with Gasteiger partial charge in [-0.3, -0.25) is 10.1 Å². The molecule has 0 fully saturated rings. The van der Waals surface area contributed by atoms with Crippen LogP contribution in [0.25, 0.3) is 5.69 Å². The predicted molar refractivity (Wildman–Crippen MR) is 144 cm³/mol. The third kappa shape index (κ3) is 6.11. The highest BCUT2D eigenvalue weighted by Gasteiger charge is 2.22. The Kier molecular flexibility index (Phi) is 7.79. The number of benzene rings is 2. The van der Waals surface area contributed by atoms with Gasteiger partial charge in [0.2, 0.25) is 0 Å². The second-order valence-corrected chi connectivity index (χ2v) is 8.53. The van der Waals surface area contributed by atoms with E-state index in [9.17, 15) is 10.1 Å². The summed E-state index contributed by atoms with van der Waals surface area (Å²) in [6, 6.07) is 14.4. The van der Waals surface area contributed by atoms with Crippen LogP contribution >= 0.6 is 0 Å². The standard InChI is InChI=1S/C25H29N9O3/c1-31(2)12-13-32(3)21-15-23(37-4)19(14-22(21)34(35)36)30-25-16-24(26-17-27-25)29-18-8-5-6-9-20(18)33-11-7-10-28-33/h5-11,14-17H,12-13H2,1-4H3,(H2,26,27,29,30). The molecule has 2 heterocycles. The molecule has 2 aromatic carbocycles. The van der Waals surface area contributed by atoms with Gasteiger partial charge in [0.1, 0.15) is 29.4 Å². The molecule has 2 N–H and O–H groups in total. The van der Waals surface area contributed by atoms with E-state index in [2.05, 4.69) is 25.7 Å². The van der Waals surface area contributed by atoms with Gasteiger partial charge in [-0.05, 0) is 32.3 Å². The number of methoxy groups -OCH3 is 1. The molecule has 0 atom stereocenters. The Hall–Kier alpha value is -4.71. The van der Waals surface area contributed by atoms with Crippen LogP contribution in [-0.2, 0) is 0 Å². The number of aromatic nitrogens is 4. The lowest BCUT2D eigenvalue weighted by atomic mass is 10.2. The summed E-state index contributed by atoms with van der Waals surface area (Å²) >= 11 is 0. The molecule has 192 valence electrons. The molecule has 2 aromatic heterocycles. The SMILES string of the molecule is COc1cc(N(C)CCN(C)C)c([N+](=O)[O-])cc1Nc1cc(Nc2ccccc2-n2cccn2)ncn1. The van der Waals surface area contributed by atoms with Crippen LogP contribution in [0, 0.1) is 10.1 Å². The minimum absolute atomic E-state index is 0.0369. The van der Waals surface area contributed by atoms with Gasteiger partial charge in [0.15, 0.2) is 0 Å². The first-order chi connectivity index (χ1) is 17.9. The van der Waals surface area contributed by atoms with Gasteiger partial charge in [0.25, 0.3) is 5.69 Å². The molecule has 37 heavy (non-hydrogen) atoms. The number of ether oxygens (including phenoxy) is 1. The summed E-state index contributed by atoms with van der Waals surface area (Å²) < 4.78 is 7.31. The minimum atomic E-state index is -0.398. The number of hydrogen-bond donors (Lipinski definition) is 2.